The van der Waals surface area contributed by atoms with Crippen molar-refractivity contribution in [1.29, 1.82) is 0 Å². The normalized spacial score (nSPS) is 12.7. The first kappa shape index (κ1) is 46.4. The first-order valence-corrected chi connectivity index (χ1v) is 18.9. The first-order chi connectivity index (χ1) is 23.9. The highest BCUT2D eigenvalue weighted by Crippen LogP contribution is 2.15. The molecule has 0 aromatic carbocycles. The molecule has 0 aromatic heterocycles. The number of carbonyl (C=O) groups excluding carboxylic acids is 3. The van der Waals surface area contributed by atoms with Crippen LogP contribution in [0.25, 0.3) is 0 Å². The fourth-order valence-corrected chi connectivity index (χ4v) is 5.70. The van der Waals surface area contributed by atoms with Crippen LogP contribution in [0.4, 0.5) is 0 Å². The minimum absolute atomic E-state index is 0.0356. The fourth-order valence-electron chi connectivity index (χ4n) is 5.70. The minimum atomic E-state index is -1.13. The van der Waals surface area contributed by atoms with Crippen LogP contribution in [0.5, 0.6) is 0 Å². The lowest BCUT2D eigenvalue weighted by molar-refractivity contribution is -0.142. The van der Waals surface area contributed by atoms with Gasteiger partial charge in [-0.3, -0.25) is 14.4 Å². The molecule has 0 aliphatic heterocycles. The van der Waals surface area contributed by atoms with E-state index in [1.54, 1.807) is 0 Å². The second-order valence-corrected chi connectivity index (χ2v) is 13.7. The number of carboxylic acids is 2. The van der Waals surface area contributed by atoms with Crippen molar-refractivity contribution in [2.45, 2.75) is 167 Å². The highest BCUT2D eigenvalue weighted by Gasteiger charge is 2.23. The van der Waals surface area contributed by atoms with Gasteiger partial charge in [-0.1, -0.05) is 97.3 Å². The van der Waals surface area contributed by atoms with Gasteiger partial charge in [0.1, 0.15) is 12.1 Å². The molecule has 0 radical (unpaired) electrons. The number of hydrogen-bond acceptors (Lipinski definition) is 7. The maximum Gasteiger partial charge on any atom is 0.326 e. The van der Waals surface area contributed by atoms with Gasteiger partial charge in [-0.05, 0) is 64.2 Å². The van der Waals surface area contributed by atoms with Gasteiger partial charge in [0.2, 0.25) is 12.3 Å². The van der Waals surface area contributed by atoms with Gasteiger partial charge in [-0.2, -0.15) is 0 Å². The van der Waals surface area contributed by atoms with Gasteiger partial charge in [0.15, 0.2) is 5.78 Å². The Labute approximate surface area is 301 Å². The van der Waals surface area contributed by atoms with Crippen molar-refractivity contribution in [3.63, 3.8) is 0 Å². The van der Waals surface area contributed by atoms with E-state index in [4.69, 9.17) is 0 Å². The van der Waals surface area contributed by atoms with Crippen molar-refractivity contribution in [3.05, 3.63) is 37.2 Å². The minimum Gasteiger partial charge on any atom is -0.480 e. The van der Waals surface area contributed by atoms with E-state index in [1.807, 2.05) is 19.9 Å². The predicted octanol–water partition coefficient (Wildman–Crippen LogP) is 6.93. The molecule has 0 aliphatic carbocycles. The van der Waals surface area contributed by atoms with Gasteiger partial charge < -0.3 is 31.5 Å². The maximum atomic E-state index is 12.8. The molecule has 11 heteroatoms. The van der Waals surface area contributed by atoms with E-state index < -0.39 is 30.1 Å². The summed E-state index contributed by atoms with van der Waals surface area (Å²) < 4.78 is 0. The van der Waals surface area contributed by atoms with Gasteiger partial charge in [0, 0.05) is 30.3 Å². The average molecular weight is 705 g/mol. The average Bonchev–Trinajstić information content (AvgIpc) is 3.07. The molecule has 3 unspecified atom stereocenters. The molecule has 3 atom stereocenters. The number of amides is 2. The molecular formula is C39H68N4O7. The van der Waals surface area contributed by atoms with Crippen LogP contribution in [0.3, 0.4) is 0 Å². The van der Waals surface area contributed by atoms with Gasteiger partial charge in [-0.15, -0.1) is 6.58 Å². The smallest absolute Gasteiger partial charge is 0.326 e. The van der Waals surface area contributed by atoms with E-state index in [-0.39, 0.29) is 36.9 Å². The molecule has 0 spiro atoms. The van der Waals surface area contributed by atoms with Crippen molar-refractivity contribution in [1.82, 2.24) is 21.3 Å². The van der Waals surface area contributed by atoms with Gasteiger partial charge in [0.05, 0.1) is 6.04 Å². The number of nitrogens with one attached hydrogen (secondary N) is 4. The Bertz CT molecular complexity index is 1030. The summed E-state index contributed by atoms with van der Waals surface area (Å²) in [6.45, 7) is 15.9. The first-order valence-electron chi connectivity index (χ1n) is 18.9. The standard InChI is InChI=1S/C39H68N4O7/c1-6-7-8-9-10-11-12-13-14-15-16-17-18-19-23-36(45)43-35(39(49)50)27-24-31(4)40-28-21-20-22-33(37(46)30(2)3)42-32(5)25-26-34(38(47)48)41-29-44/h6,29-30,33-35,40,42H,1,4-5,7-28H2,2-3H3,(H,41,44)(H,43,45)(H,47,48)(H,49,50). The molecule has 50 heavy (non-hydrogen) atoms. The number of unbranched alkanes of at least 4 members (excludes halogenated alkanes) is 13. The van der Waals surface area contributed by atoms with Crippen LogP contribution >= 0.6 is 0 Å². The summed E-state index contributed by atoms with van der Waals surface area (Å²) in [5.74, 6) is -2.58. The summed E-state index contributed by atoms with van der Waals surface area (Å²) in [6, 6.07) is -2.45. The molecule has 0 heterocycles. The van der Waals surface area contributed by atoms with Crippen LogP contribution in [0, 0.1) is 5.92 Å². The zero-order chi connectivity index (χ0) is 37.6. The molecule has 0 fully saturated rings. The van der Waals surface area contributed by atoms with Crippen molar-refractivity contribution >= 4 is 30.0 Å². The molecule has 0 aliphatic rings. The second kappa shape index (κ2) is 30.2. The number of hydrogen-bond donors (Lipinski definition) is 6. The zero-order valence-electron chi connectivity index (χ0n) is 31.1. The molecule has 11 nitrogen and oxygen atoms in total. The van der Waals surface area contributed by atoms with E-state index >= 15 is 0 Å². The van der Waals surface area contributed by atoms with E-state index in [0.29, 0.717) is 43.6 Å². The summed E-state index contributed by atoms with van der Waals surface area (Å²) in [6.07, 6.45) is 21.2. The summed E-state index contributed by atoms with van der Waals surface area (Å²) in [7, 11) is 0. The van der Waals surface area contributed by atoms with E-state index in [0.717, 1.165) is 38.5 Å². The molecule has 0 rings (SSSR count). The number of carbonyl (C=O) groups is 5. The lowest BCUT2D eigenvalue weighted by Gasteiger charge is -2.23. The zero-order valence-corrected chi connectivity index (χ0v) is 31.1. The summed E-state index contributed by atoms with van der Waals surface area (Å²) in [4.78, 5) is 58.9. The molecule has 6 N–H and O–H groups in total. The van der Waals surface area contributed by atoms with Gasteiger partial charge >= 0.3 is 11.9 Å². The van der Waals surface area contributed by atoms with E-state index in [2.05, 4.69) is 41.0 Å². The Hall–Kier alpha value is -3.63. The summed E-state index contributed by atoms with van der Waals surface area (Å²) in [5, 5.41) is 30.1. The van der Waals surface area contributed by atoms with Crippen LogP contribution in [-0.4, -0.2) is 64.9 Å². The predicted molar refractivity (Wildman–Crippen MR) is 200 cm³/mol. The Morgan fingerprint density at radius 2 is 1.14 bits per heavy atom. The monoisotopic (exact) mass is 705 g/mol. The SMILES string of the molecule is C=CCCCCCCCCCCCCCCC(=O)NC(CCC(=C)NCCCCC(NC(=C)CCC(NC=O)C(=O)O)C(=O)C(C)C)C(=O)O. The van der Waals surface area contributed by atoms with Crippen molar-refractivity contribution in [2.75, 3.05) is 6.54 Å². The fraction of sp³-hybridized carbons (Fsp3) is 0.718. The second-order valence-electron chi connectivity index (χ2n) is 13.7. The van der Waals surface area contributed by atoms with Crippen molar-refractivity contribution < 1.29 is 34.2 Å². The number of Topliss-reactive ketones (excluding diaryl/α,β-unsaturated/α-hetero) is 1. The molecule has 0 saturated carbocycles. The molecule has 286 valence electrons. The van der Waals surface area contributed by atoms with Gasteiger partial charge in [-0.25, -0.2) is 9.59 Å². The van der Waals surface area contributed by atoms with Crippen LogP contribution in [-0.2, 0) is 24.0 Å². The molecule has 0 bridgehead atoms. The number of carboxylic acid groups (broad SMARTS) is 2. The Morgan fingerprint density at radius 3 is 1.66 bits per heavy atom. The van der Waals surface area contributed by atoms with E-state index in [9.17, 15) is 34.2 Å². The third-order valence-corrected chi connectivity index (χ3v) is 8.82. The lowest BCUT2D eigenvalue weighted by Crippen LogP contribution is -2.41. The summed E-state index contributed by atoms with van der Waals surface area (Å²) >= 11 is 0. The van der Waals surface area contributed by atoms with Crippen LogP contribution in [0.15, 0.2) is 37.2 Å². The third kappa shape index (κ3) is 25.4. The topological polar surface area (TPSA) is 174 Å². The Morgan fingerprint density at radius 1 is 0.620 bits per heavy atom. The van der Waals surface area contributed by atoms with Crippen LogP contribution in [0.1, 0.15) is 149 Å². The quantitative estimate of drug-likeness (QED) is 0.0230. The van der Waals surface area contributed by atoms with Crippen LogP contribution < -0.4 is 21.3 Å². The molecule has 0 saturated heterocycles. The third-order valence-electron chi connectivity index (χ3n) is 8.82. The van der Waals surface area contributed by atoms with Crippen molar-refractivity contribution in [3.8, 4) is 0 Å². The van der Waals surface area contributed by atoms with E-state index in [1.165, 1.54) is 57.8 Å². The molecule has 0 aromatic rings. The number of aliphatic carboxylic acids is 2. The highest BCUT2D eigenvalue weighted by molar-refractivity contribution is 5.86. The number of ketones is 1. The number of rotatable bonds is 36. The molecule has 2 amide bonds. The largest absolute Gasteiger partial charge is 0.480 e. The Balaban J connectivity index is 4.25. The highest BCUT2D eigenvalue weighted by atomic mass is 16.4. The maximum absolute atomic E-state index is 12.8. The summed E-state index contributed by atoms with van der Waals surface area (Å²) in [5.41, 5.74) is 1.22. The van der Waals surface area contributed by atoms with Crippen LogP contribution in [0.2, 0.25) is 0 Å². The van der Waals surface area contributed by atoms with Gasteiger partial charge in [0.25, 0.3) is 0 Å². The molecular weight excluding hydrogens is 636 g/mol. The lowest BCUT2D eigenvalue weighted by atomic mass is 9.96. The van der Waals surface area contributed by atoms with Crippen molar-refractivity contribution in [2.24, 2.45) is 5.92 Å². The number of allylic oxidation sites excluding steroid dienone is 3. The Kier molecular flexibility index (Phi) is 28.0.